The minimum absolute atomic E-state index is 0.0528. The van der Waals surface area contributed by atoms with Gasteiger partial charge < -0.3 is 15.1 Å². The number of carbonyl (C=O) groups is 2. The molecule has 2 atom stereocenters. The number of quaternary nitrogens is 1. The second-order valence-corrected chi connectivity index (χ2v) is 6.77. The number of hydrogen-bond acceptors (Lipinski definition) is 2. The molecule has 2 rings (SSSR count). The molecule has 24 heavy (non-hydrogen) atoms. The highest BCUT2D eigenvalue weighted by Gasteiger charge is 2.30. The van der Waals surface area contributed by atoms with Crippen molar-refractivity contribution in [1.29, 1.82) is 0 Å². The van der Waals surface area contributed by atoms with Crippen LogP contribution in [0, 0.1) is 0 Å². The Morgan fingerprint density at radius 2 is 1.83 bits per heavy atom. The third kappa shape index (κ3) is 4.35. The summed E-state index contributed by atoms with van der Waals surface area (Å²) in [6.45, 7) is 11.0. The van der Waals surface area contributed by atoms with Gasteiger partial charge in [-0.3, -0.25) is 9.59 Å². The Hall–Kier alpha value is -1.88. The van der Waals surface area contributed by atoms with E-state index in [9.17, 15) is 9.59 Å². The van der Waals surface area contributed by atoms with Gasteiger partial charge in [-0.2, -0.15) is 0 Å². The summed E-state index contributed by atoms with van der Waals surface area (Å²) in [5.74, 6) is 0.592. The molecule has 1 fully saturated rings. The summed E-state index contributed by atoms with van der Waals surface area (Å²) >= 11 is 0. The Morgan fingerprint density at radius 3 is 2.42 bits per heavy atom. The summed E-state index contributed by atoms with van der Waals surface area (Å²) in [6, 6.07) is 7.93. The lowest BCUT2D eigenvalue weighted by atomic mass is 9.97. The maximum atomic E-state index is 12.7. The van der Waals surface area contributed by atoms with E-state index < -0.39 is 0 Å². The molecule has 0 saturated carbocycles. The number of para-hydroxylation sites is 1. The molecule has 0 bridgehead atoms. The number of amides is 2. The van der Waals surface area contributed by atoms with E-state index in [-0.39, 0.29) is 17.9 Å². The quantitative estimate of drug-likeness (QED) is 0.853. The van der Waals surface area contributed by atoms with Crippen molar-refractivity contribution in [3.8, 4) is 0 Å². The molecule has 1 aromatic carbocycles. The molecule has 0 aromatic heterocycles. The van der Waals surface area contributed by atoms with E-state index in [0.717, 1.165) is 38.3 Å². The number of hydrogen-bond donors (Lipinski definition) is 2. The second kappa shape index (κ2) is 8.29. The third-order valence-corrected chi connectivity index (χ3v) is 5.22. The lowest BCUT2D eigenvalue weighted by Gasteiger charge is -2.34. The molecule has 1 aliphatic heterocycles. The number of carbonyl (C=O) groups excluding carboxylic acids is 2. The monoisotopic (exact) mass is 332 g/mol. The van der Waals surface area contributed by atoms with Crippen LogP contribution in [-0.2, 0) is 9.59 Å². The van der Waals surface area contributed by atoms with Gasteiger partial charge in [0.1, 0.15) is 0 Å². The van der Waals surface area contributed by atoms with Gasteiger partial charge in [0.05, 0.1) is 26.2 Å². The summed E-state index contributed by atoms with van der Waals surface area (Å²) in [7, 11) is 0. The summed E-state index contributed by atoms with van der Waals surface area (Å²) in [5.41, 5.74) is 2.11. The van der Waals surface area contributed by atoms with Crippen molar-refractivity contribution in [1.82, 2.24) is 4.90 Å². The minimum atomic E-state index is -0.121. The molecule has 132 valence electrons. The Bertz CT molecular complexity index is 580. The average molecular weight is 332 g/mol. The zero-order chi connectivity index (χ0) is 17.7. The first-order valence-electron chi connectivity index (χ1n) is 8.93. The first-order valence-corrected chi connectivity index (χ1v) is 8.93. The van der Waals surface area contributed by atoms with Gasteiger partial charge in [0, 0.05) is 12.6 Å². The van der Waals surface area contributed by atoms with E-state index >= 15 is 0 Å². The van der Waals surface area contributed by atoms with Crippen LogP contribution in [-0.4, -0.2) is 48.9 Å². The molecule has 5 heteroatoms. The van der Waals surface area contributed by atoms with E-state index in [1.54, 1.807) is 6.92 Å². The van der Waals surface area contributed by atoms with E-state index in [0.29, 0.717) is 5.92 Å². The molecule has 1 saturated heterocycles. The molecule has 0 unspecified atom stereocenters. The van der Waals surface area contributed by atoms with Crippen LogP contribution < -0.4 is 10.2 Å². The topological polar surface area (TPSA) is 53.9 Å². The SMILES string of the molecule is CC[C@@H](C)c1ccccc1NC(=O)[C@H](C)[NH+]1CCN(C(C)=O)CC1. The predicted octanol–water partition coefficient (Wildman–Crippen LogP) is 1.27. The van der Waals surface area contributed by atoms with Crippen molar-refractivity contribution in [2.75, 3.05) is 31.5 Å². The Balaban J connectivity index is 1.99. The lowest BCUT2D eigenvalue weighted by molar-refractivity contribution is -0.917. The van der Waals surface area contributed by atoms with E-state index in [1.165, 1.54) is 10.5 Å². The second-order valence-electron chi connectivity index (χ2n) is 6.77. The highest BCUT2D eigenvalue weighted by atomic mass is 16.2. The van der Waals surface area contributed by atoms with Crippen molar-refractivity contribution in [3.63, 3.8) is 0 Å². The van der Waals surface area contributed by atoms with E-state index in [1.807, 2.05) is 30.0 Å². The first-order chi connectivity index (χ1) is 11.4. The Kier molecular flexibility index (Phi) is 6.37. The molecule has 0 aliphatic carbocycles. The maximum absolute atomic E-state index is 12.7. The fourth-order valence-electron chi connectivity index (χ4n) is 3.23. The number of anilines is 1. The molecule has 5 nitrogen and oxygen atoms in total. The zero-order valence-electron chi connectivity index (χ0n) is 15.3. The van der Waals surface area contributed by atoms with Gasteiger partial charge in [0.25, 0.3) is 5.91 Å². The smallest absolute Gasteiger partial charge is 0.282 e. The largest absolute Gasteiger partial charge is 0.332 e. The first kappa shape index (κ1) is 18.5. The van der Waals surface area contributed by atoms with Crippen LogP contribution in [0.4, 0.5) is 5.69 Å². The summed E-state index contributed by atoms with van der Waals surface area (Å²) in [4.78, 5) is 27.2. The van der Waals surface area contributed by atoms with Gasteiger partial charge in [-0.05, 0) is 30.9 Å². The Labute approximate surface area is 145 Å². The molecular formula is C19H30N3O2+. The van der Waals surface area contributed by atoms with Crippen LogP contribution in [0.15, 0.2) is 24.3 Å². The number of benzene rings is 1. The molecule has 2 N–H and O–H groups in total. The number of rotatable bonds is 5. The zero-order valence-corrected chi connectivity index (χ0v) is 15.3. The average Bonchev–Trinajstić information content (AvgIpc) is 2.60. The Morgan fingerprint density at radius 1 is 1.21 bits per heavy atom. The number of piperazine rings is 1. The highest BCUT2D eigenvalue weighted by Crippen LogP contribution is 2.26. The molecule has 1 heterocycles. The normalized spacial score (nSPS) is 18.1. The van der Waals surface area contributed by atoms with Crippen LogP contribution in [0.5, 0.6) is 0 Å². The molecule has 0 spiro atoms. The summed E-state index contributed by atoms with van der Waals surface area (Å²) < 4.78 is 0. The van der Waals surface area contributed by atoms with Gasteiger partial charge in [-0.25, -0.2) is 0 Å². The maximum Gasteiger partial charge on any atom is 0.282 e. The van der Waals surface area contributed by atoms with Crippen molar-refractivity contribution < 1.29 is 14.5 Å². The van der Waals surface area contributed by atoms with Gasteiger partial charge in [0.15, 0.2) is 6.04 Å². The van der Waals surface area contributed by atoms with Crippen molar-refractivity contribution in [2.45, 2.75) is 46.1 Å². The predicted molar refractivity (Wildman–Crippen MR) is 96.2 cm³/mol. The van der Waals surface area contributed by atoms with Crippen LogP contribution >= 0.6 is 0 Å². The summed E-state index contributed by atoms with van der Waals surface area (Å²) in [6.07, 6.45) is 1.04. The van der Waals surface area contributed by atoms with Gasteiger partial charge >= 0.3 is 0 Å². The van der Waals surface area contributed by atoms with Gasteiger partial charge in [0.2, 0.25) is 5.91 Å². The fraction of sp³-hybridized carbons (Fsp3) is 0.579. The van der Waals surface area contributed by atoms with E-state index in [4.69, 9.17) is 0 Å². The standard InChI is InChI=1S/C19H29N3O2/c1-5-14(2)17-8-6-7-9-18(17)20-19(24)15(3)21-10-12-22(13-11-21)16(4)23/h6-9,14-15H,5,10-13H2,1-4H3,(H,20,24)/p+1/t14-,15+/m1/s1. The number of nitrogens with one attached hydrogen (secondary N) is 2. The van der Waals surface area contributed by atoms with Crippen LogP contribution in [0.1, 0.15) is 45.6 Å². The third-order valence-electron chi connectivity index (χ3n) is 5.22. The molecule has 1 aliphatic rings. The van der Waals surface area contributed by atoms with Crippen LogP contribution in [0.3, 0.4) is 0 Å². The molecule has 1 aromatic rings. The summed E-state index contributed by atoms with van der Waals surface area (Å²) in [5, 5.41) is 3.12. The van der Waals surface area contributed by atoms with Crippen molar-refractivity contribution in [3.05, 3.63) is 29.8 Å². The fourth-order valence-corrected chi connectivity index (χ4v) is 3.23. The molecule has 0 radical (unpaired) electrons. The minimum Gasteiger partial charge on any atom is -0.332 e. The van der Waals surface area contributed by atoms with Gasteiger partial charge in [-0.1, -0.05) is 32.0 Å². The van der Waals surface area contributed by atoms with Crippen LogP contribution in [0.2, 0.25) is 0 Å². The van der Waals surface area contributed by atoms with Crippen molar-refractivity contribution in [2.24, 2.45) is 0 Å². The lowest BCUT2D eigenvalue weighted by Crippen LogP contribution is -3.19. The van der Waals surface area contributed by atoms with E-state index in [2.05, 4.69) is 25.2 Å². The van der Waals surface area contributed by atoms with Crippen LogP contribution in [0.25, 0.3) is 0 Å². The molecular weight excluding hydrogens is 302 g/mol. The van der Waals surface area contributed by atoms with Crippen molar-refractivity contribution >= 4 is 17.5 Å². The number of nitrogens with zero attached hydrogens (tertiary/aromatic N) is 1. The van der Waals surface area contributed by atoms with Gasteiger partial charge in [-0.15, -0.1) is 0 Å². The molecule has 2 amide bonds. The highest BCUT2D eigenvalue weighted by molar-refractivity contribution is 5.94.